The molecule has 0 aliphatic rings. The molecule has 0 spiro atoms. The van der Waals surface area contributed by atoms with Crippen molar-refractivity contribution in [3.05, 3.63) is 33.8 Å². The summed E-state index contributed by atoms with van der Waals surface area (Å²) < 4.78 is 0. The molecule has 1 aromatic rings. The highest BCUT2D eigenvalue weighted by Crippen LogP contribution is 2.25. The van der Waals surface area contributed by atoms with Gasteiger partial charge in [0.25, 0.3) is 0 Å². The Bertz CT molecular complexity index is 300. The van der Waals surface area contributed by atoms with Crippen LogP contribution in [0.3, 0.4) is 0 Å². The van der Waals surface area contributed by atoms with Gasteiger partial charge in [-0.1, -0.05) is 29.3 Å². The van der Waals surface area contributed by atoms with Crippen LogP contribution in [0.15, 0.2) is 18.2 Å². The van der Waals surface area contributed by atoms with Crippen molar-refractivity contribution in [2.75, 3.05) is 14.1 Å². The smallest absolute Gasteiger partial charge is 0.0845 e. The van der Waals surface area contributed by atoms with Crippen LogP contribution >= 0.6 is 23.2 Å². The van der Waals surface area contributed by atoms with Crippen LogP contribution in [0.5, 0.6) is 0 Å². The van der Waals surface area contributed by atoms with Crippen molar-refractivity contribution in [3.63, 3.8) is 0 Å². The molecule has 1 rings (SSSR count). The van der Waals surface area contributed by atoms with Gasteiger partial charge >= 0.3 is 0 Å². The number of rotatable bonds is 2. The van der Waals surface area contributed by atoms with Gasteiger partial charge in [0.1, 0.15) is 0 Å². The lowest BCUT2D eigenvalue weighted by Crippen LogP contribution is -2.27. The van der Waals surface area contributed by atoms with Crippen molar-refractivity contribution < 1.29 is 0 Å². The minimum absolute atomic E-state index is 0.190. The molecule has 0 bridgehead atoms. The van der Waals surface area contributed by atoms with Crippen molar-refractivity contribution in [1.82, 2.24) is 4.90 Å². The minimum Gasteiger partial charge on any atom is -0.312 e. The molecular formula is C9H12Cl2N2. The molecule has 1 unspecified atom stereocenters. The average Bonchev–Trinajstić information content (AvgIpc) is 2.03. The van der Waals surface area contributed by atoms with Crippen LogP contribution in [0.25, 0.3) is 0 Å². The predicted molar refractivity (Wildman–Crippen MR) is 57.1 cm³/mol. The van der Waals surface area contributed by atoms with Crippen molar-refractivity contribution >= 4 is 23.2 Å². The first-order chi connectivity index (χ1) is 6.02. The number of halogens is 2. The van der Waals surface area contributed by atoms with Crippen LogP contribution in [-0.4, -0.2) is 19.0 Å². The molecule has 1 atom stereocenters. The molecule has 0 aliphatic carbocycles. The summed E-state index contributed by atoms with van der Waals surface area (Å²) in [4.78, 5) is 1.88. The summed E-state index contributed by atoms with van der Waals surface area (Å²) >= 11 is 11.7. The lowest BCUT2D eigenvalue weighted by atomic mass is 10.1. The van der Waals surface area contributed by atoms with Gasteiger partial charge in [0.15, 0.2) is 0 Å². The number of hydrogen-bond donors (Lipinski definition) is 1. The SMILES string of the molecule is CN(C)C(N)c1ccc(Cl)cc1Cl. The third-order valence-electron chi connectivity index (χ3n) is 1.84. The summed E-state index contributed by atoms with van der Waals surface area (Å²) in [6, 6.07) is 5.32. The second kappa shape index (κ2) is 4.29. The normalized spacial score (nSPS) is 13.4. The fourth-order valence-corrected chi connectivity index (χ4v) is 1.54. The van der Waals surface area contributed by atoms with Crippen molar-refractivity contribution in [1.29, 1.82) is 0 Å². The Kier molecular flexibility index (Phi) is 3.56. The average molecular weight is 219 g/mol. The first kappa shape index (κ1) is 10.8. The van der Waals surface area contributed by atoms with Crippen LogP contribution in [0.4, 0.5) is 0 Å². The highest BCUT2D eigenvalue weighted by atomic mass is 35.5. The molecule has 0 aromatic heterocycles. The second-order valence-electron chi connectivity index (χ2n) is 3.07. The third-order valence-corrected chi connectivity index (χ3v) is 2.40. The van der Waals surface area contributed by atoms with Crippen LogP contribution in [0.1, 0.15) is 11.7 Å². The Morgan fingerprint density at radius 3 is 2.38 bits per heavy atom. The summed E-state index contributed by atoms with van der Waals surface area (Å²) in [6.07, 6.45) is -0.190. The molecule has 0 heterocycles. The summed E-state index contributed by atoms with van der Waals surface area (Å²) in [5, 5.41) is 1.23. The molecule has 0 fully saturated rings. The van der Waals surface area contributed by atoms with E-state index in [2.05, 4.69) is 0 Å². The summed E-state index contributed by atoms with van der Waals surface area (Å²) in [5.41, 5.74) is 6.77. The van der Waals surface area contributed by atoms with Crippen LogP contribution in [-0.2, 0) is 0 Å². The number of nitrogens with zero attached hydrogens (tertiary/aromatic N) is 1. The van der Waals surface area contributed by atoms with E-state index >= 15 is 0 Å². The van der Waals surface area contributed by atoms with E-state index in [4.69, 9.17) is 28.9 Å². The Labute approximate surface area is 88.2 Å². The number of nitrogens with two attached hydrogens (primary N) is 1. The monoisotopic (exact) mass is 218 g/mol. The first-order valence-electron chi connectivity index (χ1n) is 3.89. The summed E-state index contributed by atoms with van der Waals surface area (Å²) in [6.45, 7) is 0. The fraction of sp³-hybridized carbons (Fsp3) is 0.333. The second-order valence-corrected chi connectivity index (χ2v) is 3.92. The van der Waals surface area contributed by atoms with Gasteiger partial charge in [0.2, 0.25) is 0 Å². The lowest BCUT2D eigenvalue weighted by Gasteiger charge is -2.20. The Morgan fingerprint density at radius 2 is 1.92 bits per heavy atom. The molecule has 4 heteroatoms. The van der Waals surface area contributed by atoms with Crippen LogP contribution in [0, 0.1) is 0 Å². The maximum absolute atomic E-state index is 5.98. The molecule has 1 aromatic carbocycles. The van der Waals surface area contributed by atoms with E-state index in [0.29, 0.717) is 10.0 Å². The van der Waals surface area contributed by atoms with E-state index in [1.54, 1.807) is 12.1 Å². The molecule has 13 heavy (non-hydrogen) atoms. The molecule has 0 saturated carbocycles. The third kappa shape index (κ3) is 2.58. The maximum atomic E-state index is 5.98. The van der Waals surface area contributed by atoms with E-state index in [0.717, 1.165) is 5.56 Å². The zero-order valence-electron chi connectivity index (χ0n) is 7.59. The van der Waals surface area contributed by atoms with E-state index < -0.39 is 0 Å². The zero-order chi connectivity index (χ0) is 10.0. The Balaban J connectivity index is 3.01. The Hall–Kier alpha value is -0.280. The van der Waals surface area contributed by atoms with E-state index in [1.807, 2.05) is 25.1 Å². The van der Waals surface area contributed by atoms with E-state index in [1.165, 1.54) is 0 Å². The molecule has 2 N–H and O–H groups in total. The van der Waals surface area contributed by atoms with Crippen LogP contribution in [0.2, 0.25) is 10.0 Å². The zero-order valence-corrected chi connectivity index (χ0v) is 9.10. The van der Waals surface area contributed by atoms with Gasteiger partial charge in [0, 0.05) is 15.6 Å². The predicted octanol–water partition coefficient (Wildman–Crippen LogP) is 2.51. The van der Waals surface area contributed by atoms with Gasteiger partial charge in [-0.2, -0.15) is 0 Å². The first-order valence-corrected chi connectivity index (χ1v) is 4.65. The molecule has 0 saturated heterocycles. The number of hydrogen-bond acceptors (Lipinski definition) is 2. The molecule has 72 valence electrons. The van der Waals surface area contributed by atoms with Crippen molar-refractivity contribution in [2.45, 2.75) is 6.17 Å². The molecule has 0 amide bonds. The largest absolute Gasteiger partial charge is 0.312 e. The molecule has 0 radical (unpaired) electrons. The van der Waals surface area contributed by atoms with Crippen molar-refractivity contribution in [2.24, 2.45) is 5.73 Å². The van der Waals surface area contributed by atoms with Gasteiger partial charge in [-0.3, -0.25) is 4.90 Å². The molecule has 0 aliphatic heterocycles. The highest BCUT2D eigenvalue weighted by molar-refractivity contribution is 6.35. The van der Waals surface area contributed by atoms with Crippen LogP contribution < -0.4 is 5.73 Å². The topological polar surface area (TPSA) is 29.3 Å². The molecule has 2 nitrogen and oxygen atoms in total. The van der Waals surface area contributed by atoms with Gasteiger partial charge in [-0.05, 0) is 26.2 Å². The standard InChI is InChI=1S/C9H12Cl2N2/c1-13(2)9(12)7-4-3-6(10)5-8(7)11/h3-5,9H,12H2,1-2H3. The van der Waals surface area contributed by atoms with Crippen molar-refractivity contribution in [3.8, 4) is 0 Å². The lowest BCUT2D eigenvalue weighted by molar-refractivity contribution is 0.307. The van der Waals surface area contributed by atoms with Gasteiger partial charge in [-0.25, -0.2) is 0 Å². The highest BCUT2D eigenvalue weighted by Gasteiger charge is 2.11. The Morgan fingerprint density at radius 1 is 1.31 bits per heavy atom. The minimum atomic E-state index is -0.190. The van der Waals surface area contributed by atoms with E-state index in [-0.39, 0.29) is 6.17 Å². The summed E-state index contributed by atoms with van der Waals surface area (Å²) in [7, 11) is 3.80. The van der Waals surface area contributed by atoms with Gasteiger partial charge in [-0.15, -0.1) is 0 Å². The fourth-order valence-electron chi connectivity index (χ4n) is 1.02. The van der Waals surface area contributed by atoms with E-state index in [9.17, 15) is 0 Å². The van der Waals surface area contributed by atoms with Gasteiger partial charge in [0.05, 0.1) is 6.17 Å². The quantitative estimate of drug-likeness (QED) is 0.774. The van der Waals surface area contributed by atoms with Gasteiger partial charge < -0.3 is 5.73 Å². The number of benzene rings is 1. The molecular weight excluding hydrogens is 207 g/mol. The summed E-state index contributed by atoms with van der Waals surface area (Å²) in [5.74, 6) is 0. The maximum Gasteiger partial charge on any atom is 0.0845 e.